The van der Waals surface area contributed by atoms with Crippen LogP contribution in [0.25, 0.3) is 0 Å². The number of rotatable bonds is 8. The largest absolute Gasteiger partial charge is 0.417 e. The van der Waals surface area contributed by atoms with Crippen LogP contribution in [0, 0.1) is 5.82 Å². The first kappa shape index (κ1) is 23.3. The van der Waals surface area contributed by atoms with E-state index in [4.69, 9.17) is 23.1 Å². The molecule has 8 nitrogen and oxygen atoms in total. The van der Waals surface area contributed by atoms with Crippen LogP contribution in [0.2, 0.25) is 5.02 Å². The Morgan fingerprint density at radius 2 is 1.97 bits per heavy atom. The second-order valence-corrected chi connectivity index (χ2v) is 7.74. The van der Waals surface area contributed by atoms with Crippen molar-refractivity contribution in [3.63, 3.8) is 0 Å². The van der Waals surface area contributed by atoms with Gasteiger partial charge in [0.15, 0.2) is 5.13 Å². The molecule has 3 aromatic rings. The third-order valence-electron chi connectivity index (χ3n) is 4.24. The summed E-state index contributed by atoms with van der Waals surface area (Å²) in [5, 5.41) is -0.0220. The zero-order valence-corrected chi connectivity index (χ0v) is 17.8. The number of nitrogens with two attached hydrogens (primary N) is 2. The van der Waals surface area contributed by atoms with Gasteiger partial charge in [-0.25, -0.2) is 14.4 Å². The maximum atomic E-state index is 14.0. The summed E-state index contributed by atoms with van der Waals surface area (Å²) in [5.74, 6) is -2.57. The summed E-state index contributed by atoms with van der Waals surface area (Å²) >= 11 is 6.57. The Balaban J connectivity index is 1.98. The summed E-state index contributed by atoms with van der Waals surface area (Å²) < 4.78 is 42.7. The van der Waals surface area contributed by atoms with E-state index in [-0.39, 0.29) is 38.0 Å². The highest BCUT2D eigenvalue weighted by atomic mass is 35.5. The molecule has 0 radical (unpaired) electrons. The summed E-state index contributed by atoms with van der Waals surface area (Å²) in [6.45, 7) is -1.58. The lowest BCUT2D eigenvalue weighted by Crippen LogP contribution is -2.40. The predicted octanol–water partition coefficient (Wildman–Crippen LogP) is 3.76. The van der Waals surface area contributed by atoms with Gasteiger partial charge in [-0.15, -0.1) is 0 Å². The van der Waals surface area contributed by atoms with Crippen molar-refractivity contribution in [3.8, 4) is 5.88 Å². The topological polar surface area (TPSA) is 124 Å². The van der Waals surface area contributed by atoms with Gasteiger partial charge in [-0.05, 0) is 31.2 Å². The predicted molar refractivity (Wildman–Crippen MR) is 113 cm³/mol. The molecule has 4 N–H and O–H groups in total. The molecule has 0 aliphatic rings. The lowest BCUT2D eigenvalue weighted by atomic mass is 10.1. The average molecular weight is 486 g/mol. The first-order valence-electron chi connectivity index (χ1n) is 8.84. The number of carbonyl (C=O) groups excluding carboxylic acids is 2. The molecular weight excluding hydrogens is 471 g/mol. The second kappa shape index (κ2) is 9.40. The van der Waals surface area contributed by atoms with E-state index in [0.717, 1.165) is 29.7 Å². The van der Waals surface area contributed by atoms with Gasteiger partial charge in [0.1, 0.15) is 22.6 Å². The fraction of sp³-hybridized carbons (Fsp3) is 0.158. The Bertz CT molecular complexity index is 1160. The molecule has 0 fully saturated rings. The smallest absolute Gasteiger partial charge is 0.388 e. The van der Waals surface area contributed by atoms with Crippen LogP contribution in [0.5, 0.6) is 5.88 Å². The molecule has 13 heteroatoms. The van der Waals surface area contributed by atoms with Crippen LogP contribution >= 0.6 is 22.9 Å². The molecule has 1 aromatic carbocycles. The third-order valence-corrected chi connectivity index (χ3v) is 5.62. The zero-order chi connectivity index (χ0) is 23.6. The number of hydrogen-bond donors (Lipinski definition) is 2. The molecule has 32 heavy (non-hydrogen) atoms. The van der Waals surface area contributed by atoms with Gasteiger partial charge in [0.05, 0.1) is 5.02 Å². The van der Waals surface area contributed by atoms with Crippen molar-refractivity contribution in [3.05, 3.63) is 57.8 Å². The lowest BCUT2D eigenvalue weighted by Gasteiger charge is -2.26. The number of amides is 1. The standard InChI is InChI=1S/C19H15ClF3N5O3S/c1-8(17(25)30)28(10-3-4-11(20)12(21)6-10)19-27-16(24)15(32-19)14(29)9-2-5-13(26-7-9)31-18(22)23/h2-8,18H,24H2,1H3,(H2,25,30)/t8-/m0/s1. The maximum Gasteiger partial charge on any atom is 0.388 e. The van der Waals surface area contributed by atoms with Gasteiger partial charge in [-0.2, -0.15) is 8.78 Å². The highest BCUT2D eigenvalue weighted by molar-refractivity contribution is 7.18. The van der Waals surface area contributed by atoms with Crippen LogP contribution in [-0.2, 0) is 4.79 Å². The molecule has 0 saturated heterocycles. The van der Waals surface area contributed by atoms with Crippen molar-refractivity contribution >= 4 is 51.3 Å². The van der Waals surface area contributed by atoms with E-state index >= 15 is 0 Å². The van der Waals surface area contributed by atoms with E-state index in [1.54, 1.807) is 0 Å². The Morgan fingerprint density at radius 1 is 1.25 bits per heavy atom. The Labute approximate surface area is 188 Å². The van der Waals surface area contributed by atoms with Crippen molar-refractivity contribution in [2.45, 2.75) is 19.6 Å². The summed E-state index contributed by atoms with van der Waals surface area (Å²) in [4.78, 5) is 33.8. The van der Waals surface area contributed by atoms with Gasteiger partial charge >= 0.3 is 6.61 Å². The van der Waals surface area contributed by atoms with Crippen LogP contribution in [0.15, 0.2) is 36.5 Å². The number of carbonyl (C=O) groups is 2. The fourth-order valence-electron chi connectivity index (χ4n) is 2.65. The van der Waals surface area contributed by atoms with Crippen molar-refractivity contribution in [1.82, 2.24) is 9.97 Å². The quantitative estimate of drug-likeness (QED) is 0.465. The number of ether oxygens (including phenoxy) is 1. The Hall–Kier alpha value is -3.38. The molecule has 0 aliphatic heterocycles. The molecule has 1 atom stereocenters. The summed E-state index contributed by atoms with van der Waals surface area (Å²) in [6, 6.07) is 5.21. The van der Waals surface area contributed by atoms with Crippen LogP contribution in [0.3, 0.4) is 0 Å². The third kappa shape index (κ3) is 4.92. The lowest BCUT2D eigenvalue weighted by molar-refractivity contribution is -0.118. The van der Waals surface area contributed by atoms with Crippen molar-refractivity contribution in [1.29, 1.82) is 0 Å². The van der Waals surface area contributed by atoms with Gasteiger partial charge < -0.3 is 21.1 Å². The number of hydrogen-bond acceptors (Lipinski definition) is 8. The molecular formula is C19H15ClF3N5O3S. The van der Waals surface area contributed by atoms with Crippen molar-refractivity contribution < 1.29 is 27.5 Å². The van der Waals surface area contributed by atoms with Gasteiger partial charge in [0.25, 0.3) is 0 Å². The number of ketones is 1. The molecule has 1 amide bonds. The Kier molecular flexibility index (Phi) is 6.84. The second-order valence-electron chi connectivity index (χ2n) is 6.35. The molecule has 0 aliphatic carbocycles. The minimum absolute atomic E-state index is 0.000402. The number of thiazole rings is 1. The minimum Gasteiger partial charge on any atom is -0.417 e. The van der Waals surface area contributed by atoms with Gasteiger partial charge in [0.2, 0.25) is 17.6 Å². The first-order chi connectivity index (χ1) is 15.1. The number of anilines is 3. The van der Waals surface area contributed by atoms with Crippen LogP contribution in [-0.4, -0.2) is 34.3 Å². The number of alkyl halides is 2. The number of pyridine rings is 1. The molecule has 3 rings (SSSR count). The van der Waals surface area contributed by atoms with E-state index in [1.807, 2.05) is 0 Å². The zero-order valence-electron chi connectivity index (χ0n) is 16.3. The fourth-order valence-corrected chi connectivity index (χ4v) is 3.82. The molecule has 168 valence electrons. The van der Waals surface area contributed by atoms with E-state index < -0.39 is 30.2 Å². The first-order valence-corrected chi connectivity index (χ1v) is 10.0. The van der Waals surface area contributed by atoms with Crippen LogP contribution in [0.1, 0.15) is 22.2 Å². The molecule has 2 heterocycles. The van der Waals surface area contributed by atoms with Crippen LogP contribution < -0.4 is 21.1 Å². The number of benzene rings is 1. The highest BCUT2D eigenvalue weighted by Gasteiger charge is 2.28. The van der Waals surface area contributed by atoms with E-state index in [0.29, 0.717) is 0 Å². The molecule has 0 unspecified atom stereocenters. The molecule has 0 spiro atoms. The van der Waals surface area contributed by atoms with Crippen molar-refractivity contribution in [2.24, 2.45) is 5.73 Å². The van der Waals surface area contributed by atoms with Gasteiger partial charge in [0, 0.05) is 23.5 Å². The Morgan fingerprint density at radius 3 is 2.53 bits per heavy atom. The van der Waals surface area contributed by atoms with Gasteiger partial charge in [-0.1, -0.05) is 22.9 Å². The van der Waals surface area contributed by atoms with E-state index in [9.17, 15) is 22.8 Å². The minimum atomic E-state index is -3.06. The number of nitrogen functional groups attached to an aromatic ring is 1. The monoisotopic (exact) mass is 485 g/mol. The number of halogens is 4. The average Bonchev–Trinajstić information content (AvgIpc) is 3.11. The number of nitrogens with zero attached hydrogens (tertiary/aromatic N) is 3. The summed E-state index contributed by atoms with van der Waals surface area (Å²) in [6.07, 6.45) is 1.05. The number of primary amides is 1. The molecule has 0 saturated carbocycles. The SMILES string of the molecule is C[C@@H](C(N)=O)N(c1ccc(Cl)c(F)c1)c1nc(N)c(C(=O)c2ccc(OC(F)F)nc2)s1. The van der Waals surface area contributed by atoms with Gasteiger partial charge in [-0.3, -0.25) is 9.59 Å². The maximum absolute atomic E-state index is 14.0. The molecule has 2 aromatic heterocycles. The van der Waals surface area contributed by atoms with E-state index in [2.05, 4.69) is 14.7 Å². The summed E-state index contributed by atoms with van der Waals surface area (Å²) in [5.41, 5.74) is 11.6. The highest BCUT2D eigenvalue weighted by Crippen LogP contribution is 2.36. The van der Waals surface area contributed by atoms with Crippen molar-refractivity contribution in [2.75, 3.05) is 10.6 Å². The van der Waals surface area contributed by atoms with Crippen LogP contribution in [0.4, 0.5) is 29.8 Å². The molecule has 0 bridgehead atoms. The summed E-state index contributed by atoms with van der Waals surface area (Å²) in [7, 11) is 0. The normalized spacial score (nSPS) is 11.9. The van der Waals surface area contributed by atoms with E-state index in [1.165, 1.54) is 30.0 Å². The number of aromatic nitrogens is 2.